The van der Waals surface area contributed by atoms with E-state index in [1.165, 1.54) is 32.1 Å². The molecule has 0 amide bonds. The van der Waals surface area contributed by atoms with E-state index in [9.17, 15) is 0 Å². The Balaban J connectivity index is 1.86. The summed E-state index contributed by atoms with van der Waals surface area (Å²) >= 11 is 0. The van der Waals surface area contributed by atoms with Gasteiger partial charge in [-0.2, -0.15) is 15.0 Å². The molecule has 1 aromatic rings. The van der Waals surface area contributed by atoms with Gasteiger partial charge in [0.15, 0.2) is 0 Å². The van der Waals surface area contributed by atoms with Gasteiger partial charge in [0.05, 0.1) is 0 Å². The zero-order chi connectivity index (χ0) is 13.8. The third-order valence-electron chi connectivity index (χ3n) is 3.97. The van der Waals surface area contributed by atoms with Crippen LogP contribution in [0.3, 0.4) is 0 Å². The molecule has 1 aromatic heterocycles. The SMILES string of the molecule is CCNc1nc(N2CCCCC2)nc(N2CCCC2)n1. The van der Waals surface area contributed by atoms with E-state index in [0.29, 0.717) is 5.95 Å². The molecule has 0 bridgehead atoms. The smallest absolute Gasteiger partial charge is 0.231 e. The van der Waals surface area contributed by atoms with Crippen molar-refractivity contribution in [1.82, 2.24) is 15.0 Å². The molecule has 6 heteroatoms. The van der Waals surface area contributed by atoms with Crippen LogP contribution in [0.25, 0.3) is 0 Å². The normalized spacial score (nSPS) is 19.4. The van der Waals surface area contributed by atoms with E-state index in [0.717, 1.165) is 44.6 Å². The first-order valence-electron chi connectivity index (χ1n) is 7.86. The highest BCUT2D eigenvalue weighted by Gasteiger charge is 2.20. The summed E-state index contributed by atoms with van der Waals surface area (Å²) in [6, 6.07) is 0. The van der Waals surface area contributed by atoms with E-state index < -0.39 is 0 Å². The molecule has 1 N–H and O–H groups in total. The predicted molar refractivity (Wildman–Crippen MR) is 81.5 cm³/mol. The zero-order valence-electron chi connectivity index (χ0n) is 12.3. The van der Waals surface area contributed by atoms with Crippen molar-refractivity contribution in [2.24, 2.45) is 0 Å². The first-order valence-corrected chi connectivity index (χ1v) is 7.86. The van der Waals surface area contributed by atoms with Gasteiger partial charge in [-0.25, -0.2) is 0 Å². The van der Waals surface area contributed by atoms with Crippen molar-refractivity contribution in [1.29, 1.82) is 0 Å². The summed E-state index contributed by atoms with van der Waals surface area (Å²) in [5.74, 6) is 2.40. The van der Waals surface area contributed by atoms with Gasteiger partial charge in [0, 0.05) is 32.7 Å². The molecule has 110 valence electrons. The summed E-state index contributed by atoms with van der Waals surface area (Å²) in [6.07, 6.45) is 6.27. The van der Waals surface area contributed by atoms with Gasteiger partial charge >= 0.3 is 0 Å². The summed E-state index contributed by atoms with van der Waals surface area (Å²) in [6.45, 7) is 7.16. The van der Waals surface area contributed by atoms with Crippen LogP contribution < -0.4 is 15.1 Å². The molecule has 2 fully saturated rings. The molecule has 6 nitrogen and oxygen atoms in total. The maximum Gasteiger partial charge on any atom is 0.231 e. The van der Waals surface area contributed by atoms with Gasteiger partial charge in [-0.1, -0.05) is 0 Å². The van der Waals surface area contributed by atoms with Gasteiger partial charge in [0.1, 0.15) is 0 Å². The lowest BCUT2D eigenvalue weighted by atomic mass is 10.1. The molecule has 0 aliphatic carbocycles. The second-order valence-corrected chi connectivity index (χ2v) is 5.53. The monoisotopic (exact) mass is 276 g/mol. The van der Waals surface area contributed by atoms with E-state index in [4.69, 9.17) is 4.98 Å². The average molecular weight is 276 g/mol. The molecule has 0 atom stereocenters. The molecule has 0 unspecified atom stereocenters. The van der Waals surface area contributed by atoms with Crippen LogP contribution in [0, 0.1) is 0 Å². The fraction of sp³-hybridized carbons (Fsp3) is 0.786. The average Bonchev–Trinajstić information content (AvgIpc) is 3.02. The van der Waals surface area contributed by atoms with Gasteiger partial charge < -0.3 is 15.1 Å². The zero-order valence-corrected chi connectivity index (χ0v) is 12.3. The van der Waals surface area contributed by atoms with Gasteiger partial charge in [-0.05, 0) is 39.0 Å². The highest BCUT2D eigenvalue weighted by atomic mass is 15.4. The number of hydrogen-bond donors (Lipinski definition) is 1. The summed E-state index contributed by atoms with van der Waals surface area (Å²) in [7, 11) is 0. The number of aromatic nitrogens is 3. The van der Waals surface area contributed by atoms with Crippen LogP contribution in [-0.4, -0.2) is 47.7 Å². The second kappa shape index (κ2) is 6.24. The maximum absolute atomic E-state index is 4.71. The van der Waals surface area contributed by atoms with Crippen LogP contribution in [0.2, 0.25) is 0 Å². The summed E-state index contributed by atoms with van der Waals surface area (Å²) < 4.78 is 0. The Morgan fingerprint density at radius 1 is 0.800 bits per heavy atom. The van der Waals surface area contributed by atoms with Crippen molar-refractivity contribution in [2.75, 3.05) is 47.8 Å². The highest BCUT2D eigenvalue weighted by molar-refractivity contribution is 5.45. The Hall–Kier alpha value is -1.59. The van der Waals surface area contributed by atoms with Gasteiger partial charge in [0.25, 0.3) is 0 Å². The fourth-order valence-electron chi connectivity index (χ4n) is 2.88. The van der Waals surface area contributed by atoms with Gasteiger partial charge in [-0.15, -0.1) is 0 Å². The first kappa shape index (κ1) is 13.4. The minimum Gasteiger partial charge on any atom is -0.354 e. The molecule has 2 aliphatic heterocycles. The fourth-order valence-corrected chi connectivity index (χ4v) is 2.88. The van der Waals surface area contributed by atoms with E-state index in [-0.39, 0.29) is 0 Å². The Kier molecular flexibility index (Phi) is 4.18. The molecule has 0 spiro atoms. The molecule has 3 rings (SSSR count). The van der Waals surface area contributed by atoms with Crippen molar-refractivity contribution < 1.29 is 0 Å². The Labute approximate surface area is 120 Å². The lowest BCUT2D eigenvalue weighted by Gasteiger charge is -2.27. The molecule has 0 saturated carbocycles. The summed E-state index contributed by atoms with van der Waals surface area (Å²) in [5, 5.41) is 3.24. The standard InChI is InChI=1S/C14H24N6/c1-2-15-12-16-13(19-8-4-3-5-9-19)18-14(17-12)20-10-6-7-11-20/h2-11H2,1H3,(H,15,16,17,18). The van der Waals surface area contributed by atoms with Crippen molar-refractivity contribution >= 4 is 17.8 Å². The van der Waals surface area contributed by atoms with E-state index >= 15 is 0 Å². The van der Waals surface area contributed by atoms with Crippen molar-refractivity contribution in [3.8, 4) is 0 Å². The van der Waals surface area contributed by atoms with Crippen LogP contribution in [0.5, 0.6) is 0 Å². The number of nitrogens with zero attached hydrogens (tertiary/aromatic N) is 5. The number of anilines is 3. The molecule has 0 aromatic carbocycles. The van der Waals surface area contributed by atoms with Crippen molar-refractivity contribution in [3.05, 3.63) is 0 Å². The largest absolute Gasteiger partial charge is 0.354 e. The van der Waals surface area contributed by atoms with Crippen molar-refractivity contribution in [3.63, 3.8) is 0 Å². The van der Waals surface area contributed by atoms with E-state index in [1.807, 2.05) is 0 Å². The summed E-state index contributed by atoms with van der Waals surface area (Å²) in [5.41, 5.74) is 0. The van der Waals surface area contributed by atoms with Gasteiger partial charge in [-0.3, -0.25) is 0 Å². The van der Waals surface area contributed by atoms with Gasteiger partial charge in [0.2, 0.25) is 17.8 Å². The molecule has 2 saturated heterocycles. The number of piperidine rings is 1. The molecule has 20 heavy (non-hydrogen) atoms. The number of rotatable bonds is 4. The molecule has 2 aliphatic rings. The molecular formula is C14H24N6. The highest BCUT2D eigenvalue weighted by Crippen LogP contribution is 2.22. The molecule has 3 heterocycles. The molecular weight excluding hydrogens is 252 g/mol. The Morgan fingerprint density at radius 2 is 1.30 bits per heavy atom. The van der Waals surface area contributed by atoms with E-state index in [2.05, 4.69) is 32.0 Å². The quantitative estimate of drug-likeness (QED) is 0.906. The van der Waals surface area contributed by atoms with Crippen LogP contribution in [-0.2, 0) is 0 Å². The van der Waals surface area contributed by atoms with Crippen molar-refractivity contribution in [2.45, 2.75) is 39.0 Å². The second-order valence-electron chi connectivity index (χ2n) is 5.53. The predicted octanol–water partition coefficient (Wildman–Crippen LogP) is 1.89. The molecule has 0 radical (unpaired) electrons. The minimum absolute atomic E-state index is 0.713. The topological polar surface area (TPSA) is 57.2 Å². The summed E-state index contributed by atoms with van der Waals surface area (Å²) in [4.78, 5) is 18.4. The lowest BCUT2D eigenvalue weighted by Crippen LogP contribution is -2.32. The number of nitrogens with one attached hydrogen (secondary N) is 1. The van der Waals surface area contributed by atoms with Crippen LogP contribution in [0.1, 0.15) is 39.0 Å². The van der Waals surface area contributed by atoms with Crippen LogP contribution >= 0.6 is 0 Å². The number of hydrogen-bond acceptors (Lipinski definition) is 6. The minimum atomic E-state index is 0.713. The third-order valence-corrected chi connectivity index (χ3v) is 3.97. The lowest BCUT2D eigenvalue weighted by molar-refractivity contribution is 0.567. The Bertz CT molecular complexity index is 437. The third kappa shape index (κ3) is 2.94. The van der Waals surface area contributed by atoms with Crippen LogP contribution in [0.4, 0.5) is 17.8 Å². The Morgan fingerprint density at radius 3 is 1.80 bits per heavy atom. The first-order chi connectivity index (χ1) is 9.86. The van der Waals surface area contributed by atoms with E-state index in [1.54, 1.807) is 0 Å². The maximum atomic E-state index is 4.71. The van der Waals surface area contributed by atoms with Crippen LogP contribution in [0.15, 0.2) is 0 Å².